The predicted molar refractivity (Wildman–Crippen MR) is 103 cm³/mol. The molecule has 0 bridgehead atoms. The van der Waals surface area contributed by atoms with Crippen LogP contribution < -0.4 is 10.6 Å². The Bertz CT molecular complexity index is 782. The highest BCUT2D eigenvalue weighted by Crippen LogP contribution is 2.22. The molecule has 0 aliphatic carbocycles. The number of hydrogen-bond acceptors (Lipinski definition) is 3. The van der Waals surface area contributed by atoms with Gasteiger partial charge in [0.05, 0.1) is 19.3 Å². The van der Waals surface area contributed by atoms with Crippen LogP contribution in [-0.4, -0.2) is 50.3 Å². The number of amides is 2. The monoisotopic (exact) mass is 389 g/mol. The summed E-state index contributed by atoms with van der Waals surface area (Å²) < 4.78 is 32.7. The first-order chi connectivity index (χ1) is 13.6. The third-order valence-corrected chi connectivity index (χ3v) is 4.81. The molecule has 2 aromatic rings. The minimum absolute atomic E-state index is 0.142. The zero-order chi connectivity index (χ0) is 19.8. The SMILES string of the molecule is O=C(NCCc1ccccc1F)NCC(c1cccc(F)c1)N1CCOCC1. The van der Waals surface area contributed by atoms with Crippen LogP contribution in [0.15, 0.2) is 48.5 Å². The van der Waals surface area contributed by atoms with Crippen molar-refractivity contribution >= 4 is 6.03 Å². The van der Waals surface area contributed by atoms with Gasteiger partial charge in [0.2, 0.25) is 0 Å². The van der Waals surface area contributed by atoms with Gasteiger partial charge >= 0.3 is 6.03 Å². The number of carbonyl (C=O) groups excluding carboxylic acids is 1. The number of morpholine rings is 1. The average Bonchev–Trinajstić information content (AvgIpc) is 2.70. The number of nitrogens with one attached hydrogen (secondary N) is 2. The first-order valence-electron chi connectivity index (χ1n) is 9.46. The molecule has 1 fully saturated rings. The molecule has 2 aromatic carbocycles. The van der Waals surface area contributed by atoms with Crippen LogP contribution >= 0.6 is 0 Å². The van der Waals surface area contributed by atoms with E-state index in [4.69, 9.17) is 4.74 Å². The minimum atomic E-state index is -0.328. The summed E-state index contributed by atoms with van der Waals surface area (Å²) in [5.74, 6) is -0.576. The van der Waals surface area contributed by atoms with Crippen molar-refractivity contribution in [1.29, 1.82) is 0 Å². The van der Waals surface area contributed by atoms with Crippen LogP contribution in [0.5, 0.6) is 0 Å². The van der Waals surface area contributed by atoms with Gasteiger partial charge in [-0.2, -0.15) is 0 Å². The van der Waals surface area contributed by atoms with Crippen molar-refractivity contribution in [2.75, 3.05) is 39.4 Å². The summed E-state index contributed by atoms with van der Waals surface area (Å²) >= 11 is 0. The van der Waals surface area contributed by atoms with Gasteiger partial charge in [0.1, 0.15) is 11.6 Å². The number of carbonyl (C=O) groups is 1. The van der Waals surface area contributed by atoms with Gasteiger partial charge in [0, 0.05) is 26.2 Å². The van der Waals surface area contributed by atoms with Crippen molar-refractivity contribution in [2.24, 2.45) is 0 Å². The Morgan fingerprint density at radius 3 is 2.61 bits per heavy atom. The zero-order valence-electron chi connectivity index (χ0n) is 15.7. The fourth-order valence-corrected chi connectivity index (χ4v) is 3.32. The smallest absolute Gasteiger partial charge is 0.314 e. The second-order valence-electron chi connectivity index (χ2n) is 6.70. The lowest BCUT2D eigenvalue weighted by Crippen LogP contribution is -2.46. The predicted octanol–water partition coefficient (Wildman–Crippen LogP) is 2.88. The quantitative estimate of drug-likeness (QED) is 0.766. The Morgan fingerprint density at radius 2 is 1.86 bits per heavy atom. The van der Waals surface area contributed by atoms with E-state index in [1.54, 1.807) is 24.3 Å². The number of halogens is 2. The van der Waals surface area contributed by atoms with Gasteiger partial charge in [0.15, 0.2) is 0 Å². The minimum Gasteiger partial charge on any atom is -0.379 e. The van der Waals surface area contributed by atoms with Crippen LogP contribution in [0.25, 0.3) is 0 Å². The molecule has 1 heterocycles. The molecule has 2 N–H and O–H groups in total. The number of benzene rings is 2. The third-order valence-electron chi connectivity index (χ3n) is 4.81. The molecule has 1 saturated heterocycles. The van der Waals surface area contributed by atoms with Crippen molar-refractivity contribution in [3.8, 4) is 0 Å². The molecule has 150 valence electrons. The van der Waals surface area contributed by atoms with Gasteiger partial charge < -0.3 is 15.4 Å². The summed E-state index contributed by atoms with van der Waals surface area (Å²) in [5, 5.41) is 5.60. The molecule has 0 radical (unpaired) electrons. The van der Waals surface area contributed by atoms with E-state index < -0.39 is 0 Å². The highest BCUT2D eigenvalue weighted by atomic mass is 19.1. The fraction of sp³-hybridized carbons (Fsp3) is 0.381. The molecule has 5 nitrogen and oxygen atoms in total. The van der Waals surface area contributed by atoms with Crippen molar-refractivity contribution < 1.29 is 18.3 Å². The van der Waals surface area contributed by atoms with Crippen LogP contribution in [0.1, 0.15) is 17.2 Å². The standard InChI is InChI=1S/C21H25F2N3O2/c22-18-6-3-5-17(14-18)20(26-10-12-28-13-11-26)15-25-21(27)24-9-8-16-4-1-2-7-19(16)23/h1-7,14,20H,8-13,15H2,(H2,24,25,27). The zero-order valence-corrected chi connectivity index (χ0v) is 15.7. The van der Waals surface area contributed by atoms with Crippen molar-refractivity contribution in [2.45, 2.75) is 12.5 Å². The van der Waals surface area contributed by atoms with Gasteiger partial charge in [-0.05, 0) is 35.7 Å². The maximum atomic E-state index is 13.7. The van der Waals surface area contributed by atoms with Gasteiger partial charge in [-0.1, -0.05) is 30.3 Å². The first-order valence-corrected chi connectivity index (χ1v) is 9.46. The van der Waals surface area contributed by atoms with E-state index in [1.807, 2.05) is 6.07 Å². The molecule has 3 rings (SSSR count). The highest BCUT2D eigenvalue weighted by molar-refractivity contribution is 5.73. The van der Waals surface area contributed by atoms with Gasteiger partial charge in [-0.15, -0.1) is 0 Å². The van der Waals surface area contributed by atoms with Crippen LogP contribution in [0.4, 0.5) is 13.6 Å². The van der Waals surface area contributed by atoms with E-state index >= 15 is 0 Å². The van der Waals surface area contributed by atoms with E-state index in [0.29, 0.717) is 38.3 Å². The summed E-state index contributed by atoms with van der Waals surface area (Å²) in [6, 6.07) is 12.5. The molecule has 1 aliphatic rings. The lowest BCUT2D eigenvalue weighted by molar-refractivity contribution is 0.0166. The lowest BCUT2D eigenvalue weighted by Gasteiger charge is -2.35. The van der Waals surface area contributed by atoms with E-state index in [2.05, 4.69) is 15.5 Å². The second kappa shape index (κ2) is 10.1. The number of hydrogen-bond donors (Lipinski definition) is 2. The summed E-state index contributed by atoms with van der Waals surface area (Å²) in [6.45, 7) is 3.33. The van der Waals surface area contributed by atoms with Gasteiger partial charge in [-0.3, -0.25) is 4.90 Å². The Balaban J connectivity index is 1.53. The van der Waals surface area contributed by atoms with Crippen LogP contribution in [0.2, 0.25) is 0 Å². The Kier molecular flexibility index (Phi) is 7.33. The van der Waals surface area contributed by atoms with Crippen LogP contribution in [-0.2, 0) is 11.2 Å². The largest absolute Gasteiger partial charge is 0.379 e. The molecule has 1 atom stereocenters. The van der Waals surface area contributed by atoms with Crippen molar-refractivity contribution in [3.63, 3.8) is 0 Å². The van der Waals surface area contributed by atoms with E-state index in [-0.39, 0.29) is 23.7 Å². The molecule has 0 spiro atoms. The van der Waals surface area contributed by atoms with Crippen molar-refractivity contribution in [1.82, 2.24) is 15.5 Å². The maximum Gasteiger partial charge on any atom is 0.314 e. The summed E-state index contributed by atoms with van der Waals surface area (Å²) in [5.41, 5.74) is 1.38. The van der Waals surface area contributed by atoms with Gasteiger partial charge in [-0.25, -0.2) is 13.6 Å². The van der Waals surface area contributed by atoms with E-state index in [1.165, 1.54) is 18.2 Å². The molecule has 0 saturated carbocycles. The second-order valence-corrected chi connectivity index (χ2v) is 6.70. The Labute approximate surface area is 163 Å². The Hall–Kier alpha value is -2.51. The number of urea groups is 1. The molecule has 1 aliphatic heterocycles. The summed E-state index contributed by atoms with van der Waals surface area (Å²) in [7, 11) is 0. The molecule has 7 heteroatoms. The molecular formula is C21H25F2N3O2. The third kappa shape index (κ3) is 5.74. The normalized spacial score (nSPS) is 15.8. The van der Waals surface area contributed by atoms with E-state index in [9.17, 15) is 13.6 Å². The van der Waals surface area contributed by atoms with Crippen molar-refractivity contribution in [3.05, 3.63) is 71.3 Å². The number of nitrogens with zero attached hydrogens (tertiary/aromatic N) is 1. The lowest BCUT2D eigenvalue weighted by atomic mass is 10.0. The molecule has 28 heavy (non-hydrogen) atoms. The Morgan fingerprint density at radius 1 is 1.07 bits per heavy atom. The maximum absolute atomic E-state index is 13.7. The number of rotatable bonds is 7. The van der Waals surface area contributed by atoms with E-state index in [0.717, 1.165) is 18.7 Å². The molecular weight excluding hydrogens is 364 g/mol. The average molecular weight is 389 g/mol. The fourth-order valence-electron chi connectivity index (χ4n) is 3.32. The summed E-state index contributed by atoms with van der Waals surface area (Å²) in [6.07, 6.45) is 0.414. The highest BCUT2D eigenvalue weighted by Gasteiger charge is 2.23. The molecule has 0 aromatic heterocycles. The number of ether oxygens (including phenoxy) is 1. The van der Waals surface area contributed by atoms with Crippen LogP contribution in [0.3, 0.4) is 0 Å². The summed E-state index contributed by atoms with van der Waals surface area (Å²) in [4.78, 5) is 14.3. The first kappa shape index (κ1) is 20.2. The molecule has 2 amide bonds. The van der Waals surface area contributed by atoms with Crippen LogP contribution in [0, 0.1) is 11.6 Å². The van der Waals surface area contributed by atoms with Gasteiger partial charge in [0.25, 0.3) is 0 Å². The topological polar surface area (TPSA) is 53.6 Å². The molecule has 1 unspecified atom stereocenters.